The van der Waals surface area contributed by atoms with Crippen LogP contribution in [0.5, 0.6) is 5.75 Å². The Kier molecular flexibility index (Phi) is 6.02. The number of carbonyl (C=O) groups excluding carboxylic acids is 1. The van der Waals surface area contributed by atoms with Crippen molar-refractivity contribution in [3.05, 3.63) is 64.0 Å². The Hall–Kier alpha value is -2.84. The van der Waals surface area contributed by atoms with Crippen molar-refractivity contribution in [2.45, 2.75) is 30.7 Å². The largest absolute Gasteiger partial charge is 0.496 e. The molecule has 1 amide bonds. The predicted octanol–water partition coefficient (Wildman–Crippen LogP) is 3.98. The first-order valence-electron chi connectivity index (χ1n) is 9.79. The molecule has 0 fully saturated rings. The van der Waals surface area contributed by atoms with Gasteiger partial charge >= 0.3 is 5.97 Å². The van der Waals surface area contributed by atoms with E-state index >= 15 is 0 Å². The first kappa shape index (κ1) is 21.4. The Morgan fingerprint density at radius 3 is 2.55 bits per heavy atom. The number of thiol groups is 1. The van der Waals surface area contributed by atoms with Gasteiger partial charge < -0.3 is 15.2 Å². The number of nitrogens with zero attached hydrogens (tertiary/aromatic N) is 1. The van der Waals surface area contributed by atoms with E-state index in [-0.39, 0.29) is 18.9 Å². The van der Waals surface area contributed by atoms with E-state index in [1.165, 1.54) is 11.3 Å². The molecule has 0 spiro atoms. The van der Waals surface area contributed by atoms with Gasteiger partial charge in [-0.25, -0.2) is 4.98 Å². The third-order valence-corrected chi connectivity index (χ3v) is 6.77. The van der Waals surface area contributed by atoms with E-state index in [1.807, 2.05) is 47.8 Å². The van der Waals surface area contributed by atoms with Crippen LogP contribution in [0.15, 0.2) is 52.7 Å². The number of aliphatic carboxylic acids is 1. The number of carbonyl (C=O) groups is 2. The third-order valence-electron chi connectivity index (χ3n) is 5.57. The highest BCUT2D eigenvalue weighted by molar-refractivity contribution is 7.80. The summed E-state index contributed by atoms with van der Waals surface area (Å²) in [4.78, 5) is 30.0. The first-order chi connectivity index (χ1) is 14.9. The molecule has 3 aromatic rings. The molecule has 0 unspecified atom stereocenters. The first-order valence-corrected chi connectivity index (χ1v) is 11.1. The SMILES string of the molecule is COc1ccc(-c2csc(CNC(=O)C3(CC(=O)O)Cc4ccccc4C3)n2)cc1S. The monoisotopic (exact) mass is 454 g/mol. The number of amides is 1. The minimum atomic E-state index is -0.971. The predicted molar refractivity (Wildman–Crippen MR) is 122 cm³/mol. The highest BCUT2D eigenvalue weighted by Crippen LogP contribution is 2.40. The van der Waals surface area contributed by atoms with Crippen molar-refractivity contribution >= 4 is 35.8 Å². The maximum absolute atomic E-state index is 13.1. The number of aromatic nitrogens is 1. The molecule has 1 aliphatic carbocycles. The average Bonchev–Trinajstić information content (AvgIpc) is 3.36. The van der Waals surface area contributed by atoms with E-state index in [2.05, 4.69) is 22.9 Å². The van der Waals surface area contributed by atoms with Crippen molar-refractivity contribution in [2.75, 3.05) is 7.11 Å². The Labute approximate surface area is 189 Å². The summed E-state index contributed by atoms with van der Waals surface area (Å²) in [6.45, 7) is 0.255. The summed E-state index contributed by atoms with van der Waals surface area (Å²) in [7, 11) is 1.60. The minimum absolute atomic E-state index is 0.201. The van der Waals surface area contributed by atoms with Gasteiger partial charge in [-0.1, -0.05) is 24.3 Å². The molecule has 8 heteroatoms. The van der Waals surface area contributed by atoms with Crippen LogP contribution < -0.4 is 10.1 Å². The van der Waals surface area contributed by atoms with Crippen LogP contribution in [0, 0.1) is 5.41 Å². The van der Waals surface area contributed by atoms with Gasteiger partial charge in [0.05, 0.1) is 31.2 Å². The number of benzene rings is 2. The van der Waals surface area contributed by atoms with Crippen LogP contribution in [-0.2, 0) is 29.0 Å². The lowest BCUT2D eigenvalue weighted by atomic mass is 9.80. The molecule has 1 aliphatic rings. The molecule has 2 N–H and O–H groups in total. The quantitative estimate of drug-likeness (QED) is 0.470. The van der Waals surface area contributed by atoms with Crippen molar-refractivity contribution < 1.29 is 19.4 Å². The number of ether oxygens (including phenoxy) is 1. The number of methoxy groups -OCH3 is 1. The fraction of sp³-hybridized carbons (Fsp3) is 0.261. The normalized spacial score (nSPS) is 14.1. The molecule has 0 saturated carbocycles. The Morgan fingerprint density at radius 2 is 1.94 bits per heavy atom. The van der Waals surface area contributed by atoms with Gasteiger partial charge in [0.1, 0.15) is 10.8 Å². The van der Waals surface area contributed by atoms with Crippen molar-refractivity contribution in [1.82, 2.24) is 10.3 Å². The number of carboxylic acid groups (broad SMARTS) is 1. The average molecular weight is 455 g/mol. The highest BCUT2D eigenvalue weighted by atomic mass is 32.1. The van der Waals surface area contributed by atoms with Gasteiger partial charge in [0.25, 0.3) is 0 Å². The zero-order valence-electron chi connectivity index (χ0n) is 16.9. The van der Waals surface area contributed by atoms with E-state index in [0.717, 1.165) is 32.3 Å². The molecule has 31 heavy (non-hydrogen) atoms. The van der Waals surface area contributed by atoms with Crippen molar-refractivity contribution in [2.24, 2.45) is 5.41 Å². The number of thiazole rings is 1. The zero-order valence-corrected chi connectivity index (χ0v) is 18.6. The summed E-state index contributed by atoms with van der Waals surface area (Å²) in [5, 5.41) is 15.0. The molecule has 0 aliphatic heterocycles. The van der Waals surface area contributed by atoms with Gasteiger partial charge in [0.2, 0.25) is 5.91 Å². The number of carboxylic acids is 1. The molecule has 1 aromatic heterocycles. The van der Waals surface area contributed by atoms with Gasteiger partial charge in [0, 0.05) is 15.8 Å². The molecule has 6 nitrogen and oxygen atoms in total. The van der Waals surface area contributed by atoms with Gasteiger partial charge in [0.15, 0.2) is 0 Å². The summed E-state index contributed by atoms with van der Waals surface area (Å²) in [6.07, 6.45) is 0.662. The number of hydrogen-bond acceptors (Lipinski definition) is 6. The molecule has 0 saturated heterocycles. The van der Waals surface area contributed by atoms with Crippen LogP contribution in [-0.4, -0.2) is 29.1 Å². The van der Waals surface area contributed by atoms with Gasteiger partial charge in [-0.3, -0.25) is 9.59 Å². The maximum Gasteiger partial charge on any atom is 0.304 e. The number of fused-ring (bicyclic) bond motifs is 1. The van der Waals surface area contributed by atoms with Gasteiger partial charge in [-0.05, 0) is 42.2 Å². The van der Waals surface area contributed by atoms with Gasteiger partial charge in [-0.2, -0.15) is 0 Å². The van der Waals surface area contributed by atoms with Crippen LogP contribution in [0.1, 0.15) is 22.6 Å². The van der Waals surface area contributed by atoms with Crippen LogP contribution in [0.3, 0.4) is 0 Å². The molecule has 0 atom stereocenters. The summed E-state index contributed by atoms with van der Waals surface area (Å²) < 4.78 is 5.23. The van der Waals surface area contributed by atoms with E-state index in [1.54, 1.807) is 7.11 Å². The molecular weight excluding hydrogens is 432 g/mol. The van der Waals surface area contributed by atoms with E-state index < -0.39 is 11.4 Å². The van der Waals surface area contributed by atoms with Crippen molar-refractivity contribution in [3.63, 3.8) is 0 Å². The second kappa shape index (κ2) is 8.72. The van der Waals surface area contributed by atoms with E-state index in [4.69, 9.17) is 4.74 Å². The molecule has 0 radical (unpaired) electrons. The molecule has 0 bridgehead atoms. The molecule has 4 rings (SSSR count). The number of hydrogen-bond donors (Lipinski definition) is 3. The summed E-state index contributed by atoms with van der Waals surface area (Å²) >= 11 is 5.87. The van der Waals surface area contributed by atoms with Crippen molar-refractivity contribution in [3.8, 4) is 17.0 Å². The fourth-order valence-corrected chi connectivity index (χ4v) is 5.11. The Bertz CT molecular complexity index is 1120. The lowest BCUT2D eigenvalue weighted by Gasteiger charge is -2.25. The van der Waals surface area contributed by atoms with Crippen molar-refractivity contribution in [1.29, 1.82) is 0 Å². The van der Waals surface area contributed by atoms with Crippen LogP contribution in [0.4, 0.5) is 0 Å². The van der Waals surface area contributed by atoms with Gasteiger partial charge in [-0.15, -0.1) is 24.0 Å². The van der Waals surface area contributed by atoms with E-state index in [9.17, 15) is 14.7 Å². The lowest BCUT2D eigenvalue weighted by Crippen LogP contribution is -2.43. The Balaban J connectivity index is 1.47. The zero-order chi connectivity index (χ0) is 22.0. The minimum Gasteiger partial charge on any atom is -0.496 e. The number of rotatable bonds is 7. The van der Waals surface area contributed by atoms with Crippen LogP contribution in [0.25, 0.3) is 11.3 Å². The molecule has 160 valence electrons. The second-order valence-corrected chi connectivity index (χ2v) is 9.09. The maximum atomic E-state index is 13.1. The van der Waals surface area contributed by atoms with E-state index in [0.29, 0.717) is 18.6 Å². The van der Waals surface area contributed by atoms with Crippen LogP contribution >= 0.6 is 24.0 Å². The standard InChI is InChI=1S/C23H22N2O4S2/c1-29-18-7-6-14(8-19(18)30)17-13-31-20(25-17)12-24-22(28)23(11-21(26)27)9-15-4-2-3-5-16(15)10-23/h2-8,13,30H,9-12H2,1H3,(H,24,28)(H,26,27). The highest BCUT2D eigenvalue weighted by Gasteiger charge is 2.45. The summed E-state index contributed by atoms with van der Waals surface area (Å²) in [5.41, 5.74) is 2.82. The lowest BCUT2D eigenvalue weighted by molar-refractivity contribution is -0.145. The topological polar surface area (TPSA) is 88.5 Å². The fourth-order valence-electron chi connectivity index (χ4n) is 4.07. The second-order valence-electron chi connectivity index (χ2n) is 7.67. The summed E-state index contributed by atoms with van der Waals surface area (Å²) in [5.74, 6) is -0.525. The smallest absolute Gasteiger partial charge is 0.304 e. The molecular formula is C23H22N2O4S2. The molecule has 1 heterocycles. The van der Waals surface area contributed by atoms with Crippen LogP contribution in [0.2, 0.25) is 0 Å². The number of nitrogens with one attached hydrogen (secondary N) is 1. The molecule has 2 aromatic carbocycles. The summed E-state index contributed by atoms with van der Waals surface area (Å²) in [6, 6.07) is 13.4. The third kappa shape index (κ3) is 4.45. The Morgan fingerprint density at radius 1 is 1.23 bits per heavy atom.